The van der Waals surface area contributed by atoms with Crippen molar-refractivity contribution in [3.63, 3.8) is 0 Å². The molecule has 4 heteroatoms. The third kappa shape index (κ3) is 3.77. The van der Waals surface area contributed by atoms with Crippen LogP contribution in [0.5, 0.6) is 0 Å². The number of rotatable bonds is 3. The minimum Gasteiger partial charge on any atom is -0.328 e. The van der Waals surface area contributed by atoms with E-state index in [0.717, 1.165) is 19.6 Å². The third-order valence-electron chi connectivity index (χ3n) is 2.78. The van der Waals surface area contributed by atoms with E-state index < -0.39 is 0 Å². The molecular formula is C10H18Cl2N2. The molecule has 0 aromatic carbocycles. The van der Waals surface area contributed by atoms with Crippen LogP contribution >= 0.6 is 23.2 Å². The van der Waals surface area contributed by atoms with E-state index in [1.165, 1.54) is 18.4 Å². The van der Waals surface area contributed by atoms with Gasteiger partial charge in [0.2, 0.25) is 0 Å². The zero-order chi connectivity index (χ0) is 10.6. The number of likely N-dealkylation sites (tertiary alicyclic amines) is 1. The molecule has 2 nitrogen and oxygen atoms in total. The van der Waals surface area contributed by atoms with Crippen LogP contribution in [-0.4, -0.2) is 30.6 Å². The van der Waals surface area contributed by atoms with Crippen molar-refractivity contribution in [2.75, 3.05) is 19.6 Å². The second-order valence-corrected chi connectivity index (χ2v) is 4.76. The van der Waals surface area contributed by atoms with Crippen molar-refractivity contribution >= 4 is 23.2 Å². The van der Waals surface area contributed by atoms with Gasteiger partial charge in [-0.15, -0.1) is 0 Å². The van der Waals surface area contributed by atoms with Crippen LogP contribution in [0.15, 0.2) is 10.6 Å². The van der Waals surface area contributed by atoms with Crippen LogP contribution in [0.3, 0.4) is 0 Å². The van der Waals surface area contributed by atoms with Gasteiger partial charge in [0.15, 0.2) is 0 Å². The summed E-state index contributed by atoms with van der Waals surface area (Å²) in [6.45, 7) is 4.98. The summed E-state index contributed by atoms with van der Waals surface area (Å²) in [5.41, 5.74) is 7.33. The molecule has 1 fully saturated rings. The molecule has 82 valence electrons. The highest BCUT2D eigenvalue weighted by atomic mass is 35.5. The molecule has 0 saturated carbocycles. The predicted molar refractivity (Wildman–Crippen MR) is 62.6 cm³/mol. The Morgan fingerprint density at radius 2 is 2.43 bits per heavy atom. The molecule has 14 heavy (non-hydrogen) atoms. The van der Waals surface area contributed by atoms with Crippen LogP contribution in [0.1, 0.15) is 19.8 Å². The Bertz CT molecular complexity index is 204. The van der Waals surface area contributed by atoms with Crippen molar-refractivity contribution in [3.05, 3.63) is 10.6 Å². The molecule has 1 heterocycles. The lowest BCUT2D eigenvalue weighted by Gasteiger charge is -2.34. The van der Waals surface area contributed by atoms with Crippen molar-refractivity contribution < 1.29 is 0 Å². The first-order valence-corrected chi connectivity index (χ1v) is 5.87. The average Bonchev–Trinajstić information content (AvgIpc) is 2.18. The molecule has 0 aromatic rings. The van der Waals surface area contributed by atoms with Gasteiger partial charge in [-0.1, -0.05) is 23.2 Å². The average molecular weight is 237 g/mol. The Morgan fingerprint density at radius 1 is 1.71 bits per heavy atom. The maximum absolute atomic E-state index is 5.89. The molecule has 0 aromatic heterocycles. The minimum atomic E-state index is 0.275. The maximum Gasteiger partial charge on any atom is 0.0434 e. The van der Waals surface area contributed by atoms with Gasteiger partial charge in [0.25, 0.3) is 0 Å². The summed E-state index contributed by atoms with van der Waals surface area (Å²) in [6, 6.07) is 0.275. The standard InChI is InChI=1S/C10H18Cl2N2/c1-8(13)9-3-2-4-14(6-9)7-10(12)5-11/h5,8-9H,2-4,6-7,13H2,1H3. The highest BCUT2D eigenvalue weighted by molar-refractivity contribution is 6.36. The van der Waals surface area contributed by atoms with Crippen molar-refractivity contribution in [3.8, 4) is 0 Å². The van der Waals surface area contributed by atoms with E-state index in [1.54, 1.807) is 0 Å². The highest BCUT2D eigenvalue weighted by Crippen LogP contribution is 2.20. The monoisotopic (exact) mass is 236 g/mol. The SMILES string of the molecule is CC(N)C1CCCN(CC(Cl)=CCl)C1. The van der Waals surface area contributed by atoms with E-state index in [4.69, 9.17) is 28.9 Å². The lowest BCUT2D eigenvalue weighted by atomic mass is 9.92. The molecule has 0 spiro atoms. The van der Waals surface area contributed by atoms with Gasteiger partial charge in [0.1, 0.15) is 0 Å². The van der Waals surface area contributed by atoms with Crippen LogP contribution < -0.4 is 5.73 Å². The number of halogens is 2. The van der Waals surface area contributed by atoms with Crippen LogP contribution in [0.2, 0.25) is 0 Å². The Balaban J connectivity index is 2.40. The summed E-state index contributed by atoms with van der Waals surface area (Å²) in [7, 11) is 0. The zero-order valence-electron chi connectivity index (χ0n) is 8.55. The van der Waals surface area contributed by atoms with Crippen LogP contribution in [-0.2, 0) is 0 Å². The molecule has 0 aliphatic carbocycles. The minimum absolute atomic E-state index is 0.275. The number of hydrogen-bond donors (Lipinski definition) is 1. The molecule has 1 saturated heterocycles. The van der Waals surface area contributed by atoms with Crippen molar-refractivity contribution in [1.29, 1.82) is 0 Å². The second kappa shape index (κ2) is 5.96. The van der Waals surface area contributed by atoms with Gasteiger partial charge in [-0.05, 0) is 32.2 Å². The normalized spacial score (nSPS) is 27.7. The predicted octanol–water partition coefficient (Wildman–Crippen LogP) is 2.36. The number of hydrogen-bond acceptors (Lipinski definition) is 2. The van der Waals surface area contributed by atoms with E-state index in [1.807, 2.05) is 0 Å². The van der Waals surface area contributed by atoms with Crippen molar-refractivity contribution in [2.24, 2.45) is 11.7 Å². The van der Waals surface area contributed by atoms with Gasteiger partial charge < -0.3 is 5.73 Å². The van der Waals surface area contributed by atoms with Gasteiger partial charge in [-0.3, -0.25) is 4.90 Å². The fraction of sp³-hybridized carbons (Fsp3) is 0.800. The summed E-state index contributed by atoms with van der Waals surface area (Å²) < 4.78 is 0. The van der Waals surface area contributed by atoms with Gasteiger partial charge >= 0.3 is 0 Å². The Morgan fingerprint density at radius 3 is 3.00 bits per heavy atom. The fourth-order valence-electron chi connectivity index (χ4n) is 1.91. The van der Waals surface area contributed by atoms with E-state index >= 15 is 0 Å². The van der Waals surface area contributed by atoms with Crippen LogP contribution in [0.4, 0.5) is 0 Å². The Kier molecular flexibility index (Phi) is 5.24. The molecule has 0 radical (unpaired) electrons. The van der Waals surface area contributed by atoms with Crippen molar-refractivity contribution in [2.45, 2.75) is 25.8 Å². The molecule has 0 amide bonds. The van der Waals surface area contributed by atoms with Gasteiger partial charge in [0.05, 0.1) is 0 Å². The third-order valence-corrected chi connectivity index (χ3v) is 3.38. The summed E-state index contributed by atoms with van der Waals surface area (Å²) in [4.78, 5) is 2.32. The van der Waals surface area contributed by atoms with Gasteiger partial charge in [-0.25, -0.2) is 0 Å². The largest absolute Gasteiger partial charge is 0.328 e. The molecule has 1 rings (SSSR count). The molecule has 2 N–H and O–H groups in total. The van der Waals surface area contributed by atoms with Crippen molar-refractivity contribution in [1.82, 2.24) is 4.90 Å². The summed E-state index contributed by atoms with van der Waals surface area (Å²) >= 11 is 11.4. The fourth-order valence-corrected chi connectivity index (χ4v) is 2.15. The quantitative estimate of drug-likeness (QED) is 0.816. The summed E-state index contributed by atoms with van der Waals surface area (Å²) in [5.74, 6) is 0.601. The van der Waals surface area contributed by atoms with Gasteiger partial charge in [-0.2, -0.15) is 0 Å². The molecule has 1 aliphatic rings. The second-order valence-electron chi connectivity index (χ2n) is 4.05. The molecule has 1 aliphatic heterocycles. The Hall–Kier alpha value is 0.240. The maximum atomic E-state index is 5.89. The van der Waals surface area contributed by atoms with E-state index in [0.29, 0.717) is 11.0 Å². The molecule has 0 bridgehead atoms. The number of nitrogens with zero attached hydrogens (tertiary/aromatic N) is 1. The smallest absolute Gasteiger partial charge is 0.0434 e. The lowest BCUT2D eigenvalue weighted by Crippen LogP contribution is -2.42. The summed E-state index contributed by atoms with van der Waals surface area (Å²) in [5, 5.41) is 0.706. The summed E-state index contributed by atoms with van der Waals surface area (Å²) in [6.07, 6.45) is 2.44. The number of piperidine rings is 1. The Labute approximate surface area is 96.0 Å². The van der Waals surface area contributed by atoms with E-state index in [9.17, 15) is 0 Å². The molecule has 2 unspecified atom stereocenters. The topological polar surface area (TPSA) is 29.3 Å². The highest BCUT2D eigenvalue weighted by Gasteiger charge is 2.22. The first kappa shape index (κ1) is 12.3. The first-order chi connectivity index (χ1) is 6.63. The van der Waals surface area contributed by atoms with Gasteiger partial charge in [0, 0.05) is 29.7 Å². The molecular weight excluding hydrogens is 219 g/mol. The van der Waals surface area contributed by atoms with Crippen LogP contribution in [0, 0.1) is 5.92 Å². The lowest BCUT2D eigenvalue weighted by molar-refractivity contribution is 0.174. The zero-order valence-corrected chi connectivity index (χ0v) is 10.1. The van der Waals surface area contributed by atoms with Crippen LogP contribution in [0.25, 0.3) is 0 Å². The first-order valence-electron chi connectivity index (χ1n) is 5.06. The van der Waals surface area contributed by atoms with E-state index in [2.05, 4.69) is 11.8 Å². The van der Waals surface area contributed by atoms with E-state index in [-0.39, 0.29) is 6.04 Å². The number of nitrogens with two attached hydrogens (primary N) is 1. The molecule has 2 atom stereocenters.